The van der Waals surface area contributed by atoms with Gasteiger partial charge in [-0.05, 0) is 39.0 Å². The summed E-state index contributed by atoms with van der Waals surface area (Å²) in [5, 5.41) is 3.08. The Morgan fingerprint density at radius 2 is 2.07 bits per heavy atom. The number of carbonyl (C=O) groups excluding carboxylic acids is 1. The van der Waals surface area contributed by atoms with Crippen molar-refractivity contribution in [3.63, 3.8) is 0 Å². The summed E-state index contributed by atoms with van der Waals surface area (Å²) in [4.78, 5) is 20.4. The third-order valence-electron chi connectivity index (χ3n) is 4.30. The van der Waals surface area contributed by atoms with E-state index in [0.717, 1.165) is 12.1 Å². The first-order valence-corrected chi connectivity index (χ1v) is 8.70. The lowest BCUT2D eigenvalue weighted by Gasteiger charge is -2.39. The van der Waals surface area contributed by atoms with Crippen LogP contribution in [0.3, 0.4) is 0 Å². The van der Waals surface area contributed by atoms with Crippen LogP contribution in [0.4, 0.5) is 13.6 Å². The smallest absolute Gasteiger partial charge is 0.410 e. The highest BCUT2D eigenvalue weighted by molar-refractivity contribution is 14.0. The molecule has 2 aliphatic rings. The van der Waals surface area contributed by atoms with Gasteiger partial charge in [0.15, 0.2) is 5.96 Å². The summed E-state index contributed by atoms with van der Waals surface area (Å²) in [6, 6.07) is 3.45. The van der Waals surface area contributed by atoms with Gasteiger partial charge in [-0.3, -0.25) is 4.99 Å². The zero-order valence-electron chi connectivity index (χ0n) is 15.7. The molecule has 1 aromatic carbocycles. The van der Waals surface area contributed by atoms with Crippen LogP contribution in [0, 0.1) is 11.6 Å². The van der Waals surface area contributed by atoms with Crippen LogP contribution in [0.1, 0.15) is 26.3 Å². The number of aliphatic imine (C=N–C) groups is 1. The predicted octanol–water partition coefficient (Wildman–Crippen LogP) is 2.96. The lowest BCUT2D eigenvalue weighted by Crippen LogP contribution is -2.57. The number of nitrogens with zero attached hydrogens (tertiary/aromatic N) is 3. The molecule has 3 rings (SSSR count). The van der Waals surface area contributed by atoms with E-state index in [1.165, 1.54) is 6.07 Å². The van der Waals surface area contributed by atoms with Crippen molar-refractivity contribution in [1.29, 1.82) is 0 Å². The summed E-state index contributed by atoms with van der Waals surface area (Å²) in [5.74, 6) is -0.272. The zero-order chi connectivity index (χ0) is 18.9. The second kappa shape index (κ2) is 8.57. The van der Waals surface area contributed by atoms with Crippen LogP contribution in [0.15, 0.2) is 23.2 Å². The van der Waals surface area contributed by atoms with Crippen LogP contribution in [0.5, 0.6) is 0 Å². The van der Waals surface area contributed by atoms with Gasteiger partial charge in [0.1, 0.15) is 17.2 Å². The normalized spacial score (nSPS) is 19.1. The lowest BCUT2D eigenvalue weighted by atomic mass is 10.2. The van der Waals surface area contributed by atoms with E-state index in [-0.39, 0.29) is 48.2 Å². The Hall–Kier alpha value is -1.65. The Balaban J connectivity index is 0.00000261. The number of halogens is 3. The molecule has 0 radical (unpaired) electrons. The van der Waals surface area contributed by atoms with Crippen molar-refractivity contribution in [3.8, 4) is 0 Å². The van der Waals surface area contributed by atoms with Gasteiger partial charge >= 0.3 is 6.09 Å². The van der Waals surface area contributed by atoms with E-state index in [1.54, 1.807) is 4.90 Å². The molecule has 6 nitrogen and oxygen atoms in total. The highest BCUT2D eigenvalue weighted by Gasteiger charge is 2.36. The van der Waals surface area contributed by atoms with E-state index >= 15 is 0 Å². The Kier molecular flexibility index (Phi) is 6.87. The van der Waals surface area contributed by atoms with Gasteiger partial charge in [-0.15, -0.1) is 24.0 Å². The van der Waals surface area contributed by atoms with E-state index in [4.69, 9.17) is 4.74 Å². The summed E-state index contributed by atoms with van der Waals surface area (Å²) in [6.07, 6.45) is -0.319. The molecule has 1 saturated heterocycles. The number of rotatable bonds is 2. The molecule has 1 fully saturated rings. The number of nitrogens with one attached hydrogen (secondary N) is 1. The van der Waals surface area contributed by atoms with E-state index < -0.39 is 17.2 Å². The van der Waals surface area contributed by atoms with Crippen molar-refractivity contribution in [2.45, 2.75) is 39.0 Å². The topological polar surface area (TPSA) is 57.2 Å². The quantitative estimate of drug-likeness (QED) is 0.643. The highest BCUT2D eigenvalue weighted by Crippen LogP contribution is 2.19. The number of hydrogen-bond acceptors (Lipinski definition) is 5. The summed E-state index contributed by atoms with van der Waals surface area (Å²) in [6.45, 7) is 7.89. The van der Waals surface area contributed by atoms with Crippen LogP contribution >= 0.6 is 24.0 Å². The van der Waals surface area contributed by atoms with Gasteiger partial charge in [-0.1, -0.05) is 0 Å². The molecule has 9 heteroatoms. The molecule has 1 unspecified atom stereocenters. The molecule has 0 aliphatic carbocycles. The Labute approximate surface area is 175 Å². The summed E-state index contributed by atoms with van der Waals surface area (Å²) >= 11 is 0. The highest BCUT2D eigenvalue weighted by atomic mass is 127. The molecule has 0 bridgehead atoms. The third kappa shape index (κ3) is 5.43. The summed E-state index contributed by atoms with van der Waals surface area (Å²) in [5.41, 5.74) is -0.272. The molecule has 2 heterocycles. The monoisotopic (exact) mass is 494 g/mol. The molecule has 1 atom stereocenters. The number of amides is 1. The summed E-state index contributed by atoms with van der Waals surface area (Å²) in [7, 11) is 0. The predicted molar refractivity (Wildman–Crippen MR) is 109 cm³/mol. The maximum atomic E-state index is 13.7. The van der Waals surface area contributed by atoms with Crippen molar-refractivity contribution in [3.05, 3.63) is 35.4 Å². The molecule has 1 amide bonds. The molecular weight excluding hydrogens is 469 g/mol. The number of carbonyl (C=O) groups is 1. The molecular formula is C18H25F2IN4O2. The number of ether oxygens (including phenoxy) is 1. The van der Waals surface area contributed by atoms with Crippen molar-refractivity contribution in [1.82, 2.24) is 15.1 Å². The Morgan fingerprint density at radius 3 is 2.78 bits per heavy atom. The average molecular weight is 494 g/mol. The molecule has 0 spiro atoms. The minimum atomic E-state index is -0.526. The van der Waals surface area contributed by atoms with Gasteiger partial charge in [-0.2, -0.15) is 0 Å². The molecule has 27 heavy (non-hydrogen) atoms. The molecule has 1 N–H and O–H groups in total. The van der Waals surface area contributed by atoms with Crippen LogP contribution < -0.4 is 5.32 Å². The Morgan fingerprint density at radius 1 is 1.33 bits per heavy atom. The van der Waals surface area contributed by atoms with Gasteiger partial charge < -0.3 is 19.9 Å². The minimum Gasteiger partial charge on any atom is -0.444 e. The first-order valence-electron chi connectivity index (χ1n) is 8.70. The van der Waals surface area contributed by atoms with Gasteiger partial charge in [0.25, 0.3) is 0 Å². The molecule has 0 aromatic heterocycles. The van der Waals surface area contributed by atoms with Crippen molar-refractivity contribution < 1.29 is 18.3 Å². The number of piperazine rings is 1. The van der Waals surface area contributed by atoms with Gasteiger partial charge in [-0.25, -0.2) is 13.6 Å². The van der Waals surface area contributed by atoms with Gasteiger partial charge in [0.2, 0.25) is 0 Å². The SMILES string of the molecule is CC(C)(C)OC(=O)N1CCN2C(NCc3cc(F)ccc3F)=NCC2C1.I. The van der Waals surface area contributed by atoms with Gasteiger partial charge in [0.05, 0.1) is 12.6 Å². The largest absolute Gasteiger partial charge is 0.444 e. The molecule has 1 aromatic rings. The van der Waals surface area contributed by atoms with Crippen LogP contribution in [-0.4, -0.2) is 59.7 Å². The van der Waals surface area contributed by atoms with Crippen LogP contribution in [-0.2, 0) is 11.3 Å². The van der Waals surface area contributed by atoms with Crippen LogP contribution in [0.25, 0.3) is 0 Å². The summed E-state index contributed by atoms with van der Waals surface area (Å²) < 4.78 is 32.4. The number of fused-ring (bicyclic) bond motifs is 1. The van der Waals surface area contributed by atoms with E-state index in [9.17, 15) is 13.6 Å². The van der Waals surface area contributed by atoms with Crippen molar-refractivity contribution >= 4 is 36.0 Å². The fourth-order valence-corrected chi connectivity index (χ4v) is 3.08. The molecule has 2 aliphatic heterocycles. The second-order valence-electron chi connectivity index (χ2n) is 7.53. The van der Waals surface area contributed by atoms with Crippen molar-refractivity contribution in [2.75, 3.05) is 26.2 Å². The third-order valence-corrected chi connectivity index (χ3v) is 4.30. The number of hydrogen-bond donors (Lipinski definition) is 1. The zero-order valence-corrected chi connectivity index (χ0v) is 18.0. The first-order chi connectivity index (χ1) is 12.2. The maximum Gasteiger partial charge on any atom is 0.410 e. The minimum absolute atomic E-state index is 0. The second-order valence-corrected chi connectivity index (χ2v) is 7.53. The van der Waals surface area contributed by atoms with Crippen LogP contribution in [0.2, 0.25) is 0 Å². The van der Waals surface area contributed by atoms with Crippen molar-refractivity contribution in [2.24, 2.45) is 4.99 Å². The van der Waals surface area contributed by atoms with E-state index in [0.29, 0.717) is 32.1 Å². The molecule has 0 saturated carbocycles. The fraction of sp³-hybridized carbons (Fsp3) is 0.556. The molecule has 150 valence electrons. The maximum absolute atomic E-state index is 13.7. The fourth-order valence-electron chi connectivity index (χ4n) is 3.08. The first kappa shape index (κ1) is 21.6. The van der Waals surface area contributed by atoms with E-state index in [1.807, 2.05) is 20.8 Å². The lowest BCUT2D eigenvalue weighted by molar-refractivity contribution is 0.0137. The number of guanidine groups is 1. The average Bonchev–Trinajstić information content (AvgIpc) is 2.96. The van der Waals surface area contributed by atoms with Gasteiger partial charge in [0, 0.05) is 31.7 Å². The number of benzene rings is 1. The Bertz CT molecular complexity index is 724. The van der Waals surface area contributed by atoms with E-state index in [2.05, 4.69) is 15.2 Å². The standard InChI is InChI=1S/C18H24F2N4O2.HI/c1-18(2,3)26-17(25)23-6-7-24-14(11-23)10-22-16(24)21-9-12-8-13(19)4-5-15(12)20;/h4-5,8,14H,6-7,9-11H2,1-3H3,(H,21,22);1H.